The fourth-order valence-electron chi connectivity index (χ4n) is 3.56. The highest BCUT2D eigenvalue weighted by molar-refractivity contribution is 5.77. The Morgan fingerprint density at radius 1 is 1.15 bits per heavy atom. The number of hydrogen-bond donors (Lipinski definition) is 2. The second-order valence-corrected chi connectivity index (χ2v) is 6.85. The average molecular weight is 281 g/mol. The lowest BCUT2D eigenvalue weighted by Crippen LogP contribution is -2.48. The Morgan fingerprint density at radius 3 is 2.40 bits per heavy atom. The Kier molecular flexibility index (Phi) is 5.85. The zero-order chi connectivity index (χ0) is 14.4. The number of nitrogens with two attached hydrogens (primary N) is 1. The molecule has 0 radical (unpaired) electrons. The van der Waals surface area contributed by atoms with Crippen LogP contribution in [0.15, 0.2) is 0 Å². The quantitative estimate of drug-likeness (QED) is 0.810. The molecule has 0 aromatic rings. The second-order valence-electron chi connectivity index (χ2n) is 6.85. The van der Waals surface area contributed by atoms with E-state index in [4.69, 9.17) is 5.73 Å². The third-order valence-electron chi connectivity index (χ3n) is 4.97. The van der Waals surface area contributed by atoms with Gasteiger partial charge in [-0.05, 0) is 45.7 Å². The maximum absolute atomic E-state index is 12.1. The Balaban J connectivity index is 1.68. The molecule has 1 saturated carbocycles. The topological polar surface area (TPSA) is 58.4 Å². The molecule has 1 saturated heterocycles. The molecule has 20 heavy (non-hydrogen) atoms. The molecule has 1 aliphatic heterocycles. The van der Waals surface area contributed by atoms with Crippen LogP contribution < -0.4 is 11.1 Å². The minimum absolute atomic E-state index is 0.137. The van der Waals surface area contributed by atoms with E-state index in [0.29, 0.717) is 12.5 Å². The van der Waals surface area contributed by atoms with Gasteiger partial charge in [0.1, 0.15) is 0 Å². The summed E-state index contributed by atoms with van der Waals surface area (Å²) in [5.74, 6) is 0.137. The lowest BCUT2D eigenvalue weighted by Gasteiger charge is -2.34. The van der Waals surface area contributed by atoms with Gasteiger partial charge in [-0.3, -0.25) is 9.69 Å². The number of likely N-dealkylation sites (tertiary alicyclic amines) is 1. The van der Waals surface area contributed by atoms with Crippen LogP contribution in [-0.2, 0) is 4.79 Å². The monoisotopic (exact) mass is 281 g/mol. The molecule has 1 heterocycles. The average Bonchev–Trinajstić information content (AvgIpc) is 2.46. The summed E-state index contributed by atoms with van der Waals surface area (Å²) in [6.07, 6.45) is 10.1. The summed E-state index contributed by atoms with van der Waals surface area (Å²) in [5.41, 5.74) is 6.10. The lowest BCUT2D eigenvalue weighted by atomic mass is 9.80. The summed E-state index contributed by atoms with van der Waals surface area (Å²) >= 11 is 0. The van der Waals surface area contributed by atoms with E-state index in [1.54, 1.807) is 0 Å². The predicted octanol–water partition coefficient (Wildman–Crippen LogP) is 2.03. The third-order valence-corrected chi connectivity index (χ3v) is 4.97. The van der Waals surface area contributed by atoms with Crippen molar-refractivity contribution in [1.82, 2.24) is 10.2 Å². The van der Waals surface area contributed by atoms with Gasteiger partial charge in [-0.15, -0.1) is 0 Å². The van der Waals surface area contributed by atoms with Crippen molar-refractivity contribution in [1.29, 1.82) is 0 Å². The van der Waals surface area contributed by atoms with Crippen molar-refractivity contribution in [3.63, 3.8) is 0 Å². The molecule has 1 unspecified atom stereocenters. The summed E-state index contributed by atoms with van der Waals surface area (Å²) < 4.78 is 0. The maximum atomic E-state index is 12.1. The normalized spacial score (nSPS) is 25.1. The summed E-state index contributed by atoms with van der Waals surface area (Å²) in [5, 5.41) is 3.09. The molecule has 1 atom stereocenters. The van der Waals surface area contributed by atoms with Gasteiger partial charge in [0.2, 0.25) is 5.91 Å². The Hall–Kier alpha value is -0.610. The minimum Gasteiger partial charge on any atom is -0.354 e. The number of carbonyl (C=O) groups excluding carboxylic acids is 1. The molecule has 0 aromatic carbocycles. The second kappa shape index (κ2) is 7.41. The Morgan fingerprint density at radius 2 is 1.75 bits per heavy atom. The van der Waals surface area contributed by atoms with Gasteiger partial charge in [0.05, 0.1) is 0 Å². The molecule has 3 N–H and O–H groups in total. The summed E-state index contributed by atoms with van der Waals surface area (Å²) in [4.78, 5) is 14.6. The van der Waals surface area contributed by atoms with Gasteiger partial charge in [-0.25, -0.2) is 0 Å². The smallest absolute Gasteiger partial charge is 0.221 e. The van der Waals surface area contributed by atoms with Crippen molar-refractivity contribution < 1.29 is 4.79 Å². The van der Waals surface area contributed by atoms with Crippen molar-refractivity contribution >= 4 is 5.91 Å². The van der Waals surface area contributed by atoms with Gasteiger partial charge < -0.3 is 11.1 Å². The van der Waals surface area contributed by atoms with E-state index in [1.807, 2.05) is 0 Å². The summed E-state index contributed by atoms with van der Waals surface area (Å²) in [6, 6.07) is 0.444. The number of piperidine rings is 1. The fourth-order valence-corrected chi connectivity index (χ4v) is 3.56. The van der Waals surface area contributed by atoms with Gasteiger partial charge >= 0.3 is 0 Å². The van der Waals surface area contributed by atoms with Crippen molar-refractivity contribution in [2.75, 3.05) is 19.6 Å². The third kappa shape index (κ3) is 4.74. The minimum atomic E-state index is -0.239. The van der Waals surface area contributed by atoms with Crippen LogP contribution in [0.1, 0.15) is 64.7 Å². The van der Waals surface area contributed by atoms with Gasteiger partial charge in [0, 0.05) is 24.5 Å². The lowest BCUT2D eigenvalue weighted by molar-refractivity contribution is -0.122. The van der Waals surface area contributed by atoms with Crippen LogP contribution in [0.3, 0.4) is 0 Å². The first-order valence-electron chi connectivity index (χ1n) is 8.39. The van der Waals surface area contributed by atoms with Crippen LogP contribution >= 0.6 is 0 Å². The molecular weight excluding hydrogens is 250 g/mol. The summed E-state index contributed by atoms with van der Waals surface area (Å²) in [7, 11) is 0. The van der Waals surface area contributed by atoms with Crippen LogP contribution in [0.25, 0.3) is 0 Å². The van der Waals surface area contributed by atoms with Gasteiger partial charge in [-0.2, -0.15) is 0 Å². The molecule has 1 aliphatic carbocycles. The molecular formula is C16H31N3O. The van der Waals surface area contributed by atoms with E-state index in [9.17, 15) is 4.79 Å². The van der Waals surface area contributed by atoms with Crippen LogP contribution in [0.4, 0.5) is 0 Å². The highest BCUT2D eigenvalue weighted by atomic mass is 16.1. The Labute approximate surface area is 123 Å². The van der Waals surface area contributed by atoms with E-state index in [-0.39, 0.29) is 11.4 Å². The SMILES string of the molecule is CC(CNC(=O)CC1(N)CCCCC1)N1CCCCC1. The van der Waals surface area contributed by atoms with Crippen LogP contribution in [0.2, 0.25) is 0 Å². The molecule has 1 amide bonds. The zero-order valence-electron chi connectivity index (χ0n) is 13.0. The first-order chi connectivity index (χ1) is 9.59. The number of nitrogens with one attached hydrogen (secondary N) is 1. The maximum Gasteiger partial charge on any atom is 0.221 e. The zero-order valence-corrected chi connectivity index (χ0v) is 13.0. The molecule has 2 fully saturated rings. The van der Waals surface area contributed by atoms with Gasteiger partial charge in [0.25, 0.3) is 0 Å². The number of carbonyl (C=O) groups is 1. The molecule has 2 aliphatic rings. The van der Waals surface area contributed by atoms with Crippen LogP contribution in [0.5, 0.6) is 0 Å². The summed E-state index contributed by atoms with van der Waals surface area (Å²) in [6.45, 7) is 5.33. The Bertz CT molecular complexity index is 307. The molecule has 2 rings (SSSR count). The van der Waals surface area contributed by atoms with Crippen molar-refractivity contribution in [2.45, 2.75) is 76.3 Å². The van der Waals surface area contributed by atoms with Gasteiger partial charge in [0.15, 0.2) is 0 Å². The number of hydrogen-bond acceptors (Lipinski definition) is 3. The number of nitrogens with zero attached hydrogens (tertiary/aromatic N) is 1. The van der Waals surface area contributed by atoms with E-state index in [2.05, 4.69) is 17.1 Å². The van der Waals surface area contributed by atoms with E-state index >= 15 is 0 Å². The number of amides is 1. The number of rotatable bonds is 5. The molecule has 0 spiro atoms. The van der Waals surface area contributed by atoms with Gasteiger partial charge in [-0.1, -0.05) is 25.7 Å². The van der Waals surface area contributed by atoms with E-state index in [0.717, 1.165) is 19.4 Å². The molecule has 116 valence electrons. The first kappa shape index (κ1) is 15.8. The van der Waals surface area contributed by atoms with E-state index in [1.165, 1.54) is 51.6 Å². The molecule has 0 bridgehead atoms. The highest BCUT2D eigenvalue weighted by Gasteiger charge is 2.30. The van der Waals surface area contributed by atoms with Crippen LogP contribution in [0, 0.1) is 0 Å². The van der Waals surface area contributed by atoms with E-state index < -0.39 is 0 Å². The van der Waals surface area contributed by atoms with Crippen LogP contribution in [-0.4, -0.2) is 42.0 Å². The first-order valence-corrected chi connectivity index (χ1v) is 8.39. The molecule has 4 heteroatoms. The predicted molar refractivity (Wildman–Crippen MR) is 82.5 cm³/mol. The standard InChI is InChI=1S/C16H31N3O/c1-14(19-10-6-3-7-11-19)13-18-15(20)12-16(17)8-4-2-5-9-16/h14H,2-13,17H2,1H3,(H,18,20). The molecule has 4 nitrogen and oxygen atoms in total. The van der Waals surface area contributed by atoms with Crippen molar-refractivity contribution in [2.24, 2.45) is 5.73 Å². The highest BCUT2D eigenvalue weighted by Crippen LogP contribution is 2.28. The largest absolute Gasteiger partial charge is 0.354 e. The molecule has 0 aromatic heterocycles. The van der Waals surface area contributed by atoms with Crippen molar-refractivity contribution in [3.8, 4) is 0 Å². The van der Waals surface area contributed by atoms with Crippen molar-refractivity contribution in [3.05, 3.63) is 0 Å². The fraction of sp³-hybridized carbons (Fsp3) is 0.938.